The summed E-state index contributed by atoms with van der Waals surface area (Å²) in [4.78, 5) is 91.5. The molecule has 3 aromatic heterocycles. The predicted octanol–water partition coefficient (Wildman–Crippen LogP) is 8.13. The Labute approximate surface area is 488 Å². The van der Waals surface area contributed by atoms with E-state index in [9.17, 15) is 42.3 Å². The predicted molar refractivity (Wildman–Crippen MR) is 318 cm³/mol. The first kappa shape index (κ1) is 62.5. The molecule has 1 aliphatic rings. The number of aryl methyl sites for hydroxylation is 1. The number of carbonyl (C=O) groups is 6. The fraction of sp³-hybridized carbons (Fsp3) is 0.433. The van der Waals surface area contributed by atoms with Crippen molar-refractivity contribution >= 4 is 73.3 Å². The third-order valence-electron chi connectivity index (χ3n) is 14.1. The maximum absolute atomic E-state index is 14.0. The van der Waals surface area contributed by atoms with E-state index in [1.165, 1.54) is 34.7 Å². The highest BCUT2D eigenvalue weighted by molar-refractivity contribution is 7.89. The van der Waals surface area contributed by atoms with Crippen LogP contribution in [0.25, 0.3) is 21.7 Å². The van der Waals surface area contributed by atoms with Crippen molar-refractivity contribution in [1.82, 2.24) is 40.1 Å². The van der Waals surface area contributed by atoms with Crippen LogP contribution < -0.4 is 26.6 Å². The van der Waals surface area contributed by atoms with Crippen LogP contribution in [0.1, 0.15) is 124 Å². The van der Waals surface area contributed by atoms with Crippen LogP contribution in [0.15, 0.2) is 108 Å². The van der Waals surface area contributed by atoms with Crippen LogP contribution in [0.5, 0.6) is 0 Å². The van der Waals surface area contributed by atoms with E-state index in [0.29, 0.717) is 30.2 Å². The third-order valence-corrected chi connectivity index (χ3v) is 16.8. The number of ether oxygens (including phenoxy) is 1. The van der Waals surface area contributed by atoms with E-state index < -0.39 is 51.5 Å². The second kappa shape index (κ2) is 29.7. The van der Waals surface area contributed by atoms with Gasteiger partial charge in [0.05, 0.1) is 52.9 Å². The van der Waals surface area contributed by atoms with Gasteiger partial charge in [-0.2, -0.15) is 0 Å². The number of carbonyl (C=O) groups excluding carboxylic acids is 6. The molecule has 6 amide bonds. The zero-order chi connectivity index (χ0) is 58.8. The summed E-state index contributed by atoms with van der Waals surface area (Å²) in [5, 5.41) is 27.1. The summed E-state index contributed by atoms with van der Waals surface area (Å²) in [6, 6.07) is 23.3. The fourth-order valence-electron chi connectivity index (χ4n) is 9.39. The molecule has 4 atom stereocenters. The third kappa shape index (κ3) is 18.7. The average molecular weight is 1180 g/mol. The number of rotatable bonds is 29. The first-order chi connectivity index (χ1) is 39.2. The Bertz CT molecular complexity index is 3210. The number of thiazole rings is 2. The molecule has 0 radical (unpaired) electrons. The quantitative estimate of drug-likeness (QED) is 0.0243. The Morgan fingerprint density at radius 3 is 2.01 bits per heavy atom. The monoisotopic (exact) mass is 1180 g/mol. The van der Waals surface area contributed by atoms with Crippen molar-refractivity contribution in [2.75, 3.05) is 24.7 Å². The van der Waals surface area contributed by atoms with Crippen LogP contribution in [-0.2, 0) is 58.4 Å². The summed E-state index contributed by atoms with van der Waals surface area (Å²) in [5.74, 6) is -2.22. The van der Waals surface area contributed by atoms with Gasteiger partial charge in [0.2, 0.25) is 33.7 Å². The van der Waals surface area contributed by atoms with Crippen LogP contribution in [0.4, 0.5) is 5.13 Å². The first-order valence-corrected chi connectivity index (χ1v) is 31.3. The number of β-amino-alcohol motifs (C(OH)–C–C–N with tert-alkyl or cyclic N) is 1. The second-order valence-corrected chi connectivity index (χ2v) is 25.4. The molecule has 6 N–H and O–H groups in total. The number of benzene rings is 3. The highest BCUT2D eigenvalue weighted by atomic mass is 32.2. The lowest BCUT2D eigenvalue weighted by molar-refractivity contribution is -0.144. The van der Waals surface area contributed by atoms with Crippen molar-refractivity contribution < 1.29 is 47.0 Å². The molecule has 0 spiro atoms. The molecule has 438 valence electrons. The van der Waals surface area contributed by atoms with E-state index in [1.807, 2.05) is 117 Å². The lowest BCUT2D eigenvalue weighted by atomic mass is 9.85. The van der Waals surface area contributed by atoms with Gasteiger partial charge in [-0.1, -0.05) is 138 Å². The summed E-state index contributed by atoms with van der Waals surface area (Å²) < 4.78 is 30.8. The van der Waals surface area contributed by atoms with Gasteiger partial charge >= 0.3 is 0 Å². The van der Waals surface area contributed by atoms with Gasteiger partial charge in [0.15, 0.2) is 5.13 Å². The molecule has 7 rings (SSSR count). The van der Waals surface area contributed by atoms with E-state index in [2.05, 4.69) is 36.6 Å². The molecule has 0 unspecified atom stereocenters. The number of hydrogen-bond donors (Lipinski definition) is 6. The SMILES string of the molecule is Cc1ncsc1-c1ccc(CNC(=O)[C@@H]2C[C@@H](O)CN2C(=O)[C@@H](NC(=O)CCCCCCCCCCC(=O)NCc2ccc(COC[C@H](NC(=O)c3ccn(S(C)(=O)=O)c3)C(=O)Nc3nc(-c4ccccc4)cs3)cc2)C(C)(C)C)cc1. The van der Waals surface area contributed by atoms with E-state index in [1.54, 1.807) is 11.3 Å². The van der Waals surface area contributed by atoms with E-state index in [-0.39, 0.29) is 68.3 Å². The highest BCUT2D eigenvalue weighted by Crippen LogP contribution is 2.29. The number of nitrogens with zero attached hydrogens (tertiary/aromatic N) is 4. The van der Waals surface area contributed by atoms with Gasteiger partial charge < -0.3 is 41.3 Å². The molecule has 19 nitrogen and oxygen atoms in total. The minimum absolute atomic E-state index is 0.0109. The van der Waals surface area contributed by atoms with Crippen LogP contribution in [0.3, 0.4) is 0 Å². The Kier molecular flexibility index (Phi) is 22.7. The summed E-state index contributed by atoms with van der Waals surface area (Å²) in [5.41, 5.74) is 7.40. The zero-order valence-electron chi connectivity index (χ0n) is 47.2. The number of likely N-dealkylation sites (tertiary alicyclic amines) is 1. The molecule has 0 aliphatic carbocycles. The number of nitrogens with one attached hydrogen (secondary N) is 5. The Morgan fingerprint density at radius 2 is 1.39 bits per heavy atom. The van der Waals surface area contributed by atoms with Crippen molar-refractivity contribution in [1.29, 1.82) is 0 Å². The van der Waals surface area contributed by atoms with Gasteiger partial charge in [-0.25, -0.2) is 18.4 Å². The fourth-order valence-corrected chi connectivity index (χ4v) is 11.5. The molecule has 4 heterocycles. The summed E-state index contributed by atoms with van der Waals surface area (Å²) >= 11 is 2.81. The average Bonchev–Trinajstić information content (AvgIpc) is 4.48. The molecule has 1 saturated heterocycles. The standard InChI is InChI=1S/C60H75N9O10S3/c1-40-53(81-39-63-40)45-27-25-42(26-28-45)33-62-57(75)50-31-47(70)35-69(50)58(76)54(60(2,3)4)66-52(72)20-16-11-9-7-6-8-10-15-19-51(71)61-32-41-21-23-43(24-22-41)36-79-37-48(64-55(73)46-29-30-68(34-46)82(5,77)78)56(74)67-59-65-49(38-80-59)44-17-13-12-14-18-44/h12-14,17-18,21-30,34,38-39,47-48,50,54,70H,6-11,15-16,19-20,31-33,35-37H2,1-5H3,(H,61,71)(H,62,75)(H,64,73)(H,66,72)(H,65,67,74)/t47-,48+,50+,54-/m1/s1. The van der Waals surface area contributed by atoms with Gasteiger partial charge in [0, 0.05) is 62.2 Å². The van der Waals surface area contributed by atoms with Gasteiger partial charge in [-0.05, 0) is 53.5 Å². The molecule has 6 aromatic rings. The van der Waals surface area contributed by atoms with E-state index in [0.717, 1.165) is 93.6 Å². The topological polar surface area (TPSA) is 260 Å². The molecule has 1 aliphatic heterocycles. The van der Waals surface area contributed by atoms with Gasteiger partial charge in [0.1, 0.15) is 18.1 Å². The lowest BCUT2D eigenvalue weighted by Gasteiger charge is -2.35. The number of aliphatic hydroxyl groups is 1. The van der Waals surface area contributed by atoms with Crippen LogP contribution in [0, 0.1) is 12.3 Å². The number of amides is 6. The molecule has 3 aromatic carbocycles. The number of unbranched alkanes of at least 4 members (excludes halogenated alkanes) is 7. The van der Waals surface area contributed by atoms with E-state index in [4.69, 9.17) is 4.74 Å². The first-order valence-electron chi connectivity index (χ1n) is 27.7. The Balaban J connectivity index is 0.749. The van der Waals surface area contributed by atoms with Crippen molar-refractivity contribution in [3.8, 4) is 21.7 Å². The van der Waals surface area contributed by atoms with Gasteiger partial charge in [-0.3, -0.25) is 32.7 Å². The normalized spacial score (nSPS) is 15.1. The Morgan fingerprint density at radius 1 is 0.768 bits per heavy atom. The number of aromatic nitrogens is 3. The minimum Gasteiger partial charge on any atom is -0.391 e. The summed E-state index contributed by atoms with van der Waals surface area (Å²) in [6.45, 7) is 8.15. The number of anilines is 1. The summed E-state index contributed by atoms with van der Waals surface area (Å²) in [7, 11) is -3.62. The van der Waals surface area contributed by atoms with E-state index >= 15 is 0 Å². The van der Waals surface area contributed by atoms with Crippen LogP contribution in [0.2, 0.25) is 0 Å². The molecule has 0 saturated carbocycles. The second-order valence-electron chi connectivity index (χ2n) is 21.8. The molecule has 82 heavy (non-hydrogen) atoms. The van der Waals surface area contributed by atoms with Crippen molar-refractivity contribution in [3.63, 3.8) is 0 Å². The zero-order valence-corrected chi connectivity index (χ0v) is 49.6. The van der Waals surface area contributed by atoms with Crippen molar-refractivity contribution in [3.05, 3.63) is 136 Å². The number of aliphatic hydroxyl groups excluding tert-OH is 1. The molecule has 1 fully saturated rings. The maximum atomic E-state index is 14.0. The highest BCUT2D eigenvalue weighted by Gasteiger charge is 2.44. The maximum Gasteiger partial charge on any atom is 0.253 e. The van der Waals surface area contributed by atoms with Gasteiger partial charge in [0.25, 0.3) is 11.8 Å². The van der Waals surface area contributed by atoms with Gasteiger partial charge in [-0.15, -0.1) is 22.7 Å². The summed E-state index contributed by atoms with van der Waals surface area (Å²) in [6.07, 6.45) is 10.6. The minimum atomic E-state index is -3.62. The molecular formula is C60H75N9O10S3. The van der Waals surface area contributed by atoms with Crippen LogP contribution in [-0.4, -0.2) is 111 Å². The molecular weight excluding hydrogens is 1100 g/mol. The Hall–Kier alpha value is -7.11. The van der Waals surface area contributed by atoms with Crippen molar-refractivity contribution in [2.45, 2.75) is 142 Å². The molecule has 22 heteroatoms. The smallest absolute Gasteiger partial charge is 0.253 e. The van der Waals surface area contributed by atoms with Crippen molar-refractivity contribution in [2.24, 2.45) is 5.41 Å². The lowest BCUT2D eigenvalue weighted by Crippen LogP contribution is -2.57. The largest absolute Gasteiger partial charge is 0.391 e. The molecule has 0 bridgehead atoms. The van der Waals surface area contributed by atoms with Crippen LogP contribution >= 0.6 is 22.7 Å². The number of hydrogen-bond acceptors (Lipinski definition) is 14.